The molecule has 0 spiro atoms. The lowest BCUT2D eigenvalue weighted by Gasteiger charge is -2.33. The van der Waals surface area contributed by atoms with Crippen LogP contribution in [0, 0.1) is 6.92 Å². The second-order valence-electron chi connectivity index (χ2n) is 6.26. The molecule has 1 aromatic heterocycles. The van der Waals surface area contributed by atoms with Gasteiger partial charge in [0.1, 0.15) is 0 Å². The molecule has 0 N–H and O–H groups in total. The highest BCUT2D eigenvalue weighted by molar-refractivity contribution is 6.30. The summed E-state index contributed by atoms with van der Waals surface area (Å²) in [7, 11) is 0. The van der Waals surface area contributed by atoms with Gasteiger partial charge in [0.25, 0.3) is 11.8 Å². The van der Waals surface area contributed by atoms with Crippen LogP contribution in [0.4, 0.5) is 0 Å². The minimum atomic E-state index is -0.662. The third-order valence-corrected chi connectivity index (χ3v) is 4.62. The summed E-state index contributed by atoms with van der Waals surface area (Å²) in [6, 6.07) is 6.53. The molecule has 1 fully saturated rings. The van der Waals surface area contributed by atoms with Crippen molar-refractivity contribution in [3.8, 4) is 0 Å². The van der Waals surface area contributed by atoms with Crippen LogP contribution in [-0.4, -0.2) is 35.4 Å². The molecule has 2 aliphatic heterocycles. The molecule has 8 heteroatoms. The van der Waals surface area contributed by atoms with Gasteiger partial charge >= 0.3 is 5.97 Å². The Morgan fingerprint density at radius 1 is 1.15 bits per heavy atom. The lowest BCUT2D eigenvalue weighted by molar-refractivity contribution is -0.382. The van der Waals surface area contributed by atoms with Crippen molar-refractivity contribution in [3.05, 3.63) is 58.4 Å². The number of carbonyl (C=O) groups excluding carboxylic acids is 3. The van der Waals surface area contributed by atoms with E-state index in [4.69, 9.17) is 14.2 Å². The zero-order valence-corrected chi connectivity index (χ0v) is 15.1. The van der Waals surface area contributed by atoms with Crippen LogP contribution in [-0.2, 0) is 14.2 Å². The molecule has 140 valence electrons. The largest absolute Gasteiger partial charge is 0.461 e. The quantitative estimate of drug-likeness (QED) is 0.606. The second kappa shape index (κ2) is 6.33. The highest BCUT2D eigenvalue weighted by Gasteiger charge is 2.41. The average molecular weight is 370 g/mol. The molecule has 0 radical (unpaired) electrons. The van der Waals surface area contributed by atoms with Gasteiger partial charge in [0.2, 0.25) is 0 Å². The molecule has 1 saturated heterocycles. The fraction of sp³-hybridized carbons (Fsp3) is 0.316. The number of imide groups is 1. The molecule has 0 saturated carbocycles. The summed E-state index contributed by atoms with van der Waals surface area (Å²) in [4.78, 5) is 38.2. The Balaban J connectivity index is 1.82. The molecule has 1 aromatic carbocycles. The summed E-state index contributed by atoms with van der Waals surface area (Å²) in [5.74, 6) is -1.65. The summed E-state index contributed by atoms with van der Waals surface area (Å²) >= 11 is 0. The maximum absolute atomic E-state index is 12.8. The number of hydrogen-bond acceptors (Lipinski definition) is 6. The van der Waals surface area contributed by atoms with E-state index in [-0.39, 0.29) is 29.7 Å². The molecule has 2 aliphatic rings. The second-order valence-corrected chi connectivity index (χ2v) is 6.26. The van der Waals surface area contributed by atoms with E-state index in [1.54, 1.807) is 45.0 Å². The molecule has 4 rings (SSSR count). The van der Waals surface area contributed by atoms with E-state index in [1.807, 2.05) is 0 Å². The third kappa shape index (κ3) is 2.56. The molecule has 0 aliphatic carbocycles. The van der Waals surface area contributed by atoms with Crippen molar-refractivity contribution >= 4 is 17.8 Å². The molecular formula is C19H18N2O6. The fourth-order valence-electron chi connectivity index (χ4n) is 3.32. The van der Waals surface area contributed by atoms with Crippen molar-refractivity contribution in [2.45, 2.75) is 33.4 Å². The number of nitrogens with zero attached hydrogens (tertiary/aromatic N) is 2. The Labute approximate surface area is 155 Å². The first-order valence-corrected chi connectivity index (χ1v) is 8.62. The van der Waals surface area contributed by atoms with E-state index in [1.165, 1.54) is 10.9 Å². The highest BCUT2D eigenvalue weighted by atomic mass is 16.9. The first kappa shape index (κ1) is 17.4. The number of ether oxygens (including phenoxy) is 3. The van der Waals surface area contributed by atoms with Gasteiger partial charge in [-0.15, -0.1) is 0 Å². The summed E-state index contributed by atoms with van der Waals surface area (Å²) in [5, 5.41) is 0.940. The first-order valence-electron chi connectivity index (χ1n) is 8.62. The minimum absolute atomic E-state index is 0.0908. The van der Waals surface area contributed by atoms with Gasteiger partial charge in [-0.05, 0) is 38.5 Å². The highest BCUT2D eigenvalue weighted by Crippen LogP contribution is 2.36. The third-order valence-electron chi connectivity index (χ3n) is 4.62. The number of aromatic nitrogens is 1. The topological polar surface area (TPSA) is 87.1 Å². The van der Waals surface area contributed by atoms with Crippen molar-refractivity contribution in [2.24, 2.45) is 0 Å². The van der Waals surface area contributed by atoms with Gasteiger partial charge in [-0.25, -0.2) is 9.47 Å². The van der Waals surface area contributed by atoms with Gasteiger partial charge in [0.15, 0.2) is 18.3 Å². The molecule has 0 bridgehead atoms. The molecule has 0 unspecified atom stereocenters. The predicted molar refractivity (Wildman–Crippen MR) is 92.8 cm³/mol. The molecule has 2 aromatic rings. The fourth-order valence-corrected chi connectivity index (χ4v) is 3.32. The number of fused-ring (bicyclic) bond motifs is 1. The monoisotopic (exact) mass is 370 g/mol. The van der Waals surface area contributed by atoms with Gasteiger partial charge in [0.05, 0.1) is 17.7 Å². The first-order chi connectivity index (χ1) is 12.9. The van der Waals surface area contributed by atoms with Gasteiger partial charge < -0.3 is 14.2 Å². The minimum Gasteiger partial charge on any atom is -0.461 e. The van der Waals surface area contributed by atoms with Crippen LogP contribution < -0.4 is 5.01 Å². The van der Waals surface area contributed by atoms with Crippen LogP contribution in [0.5, 0.6) is 0 Å². The predicted octanol–water partition coefficient (Wildman–Crippen LogP) is 2.30. The number of benzene rings is 1. The maximum atomic E-state index is 12.8. The van der Waals surface area contributed by atoms with Crippen molar-refractivity contribution in [1.82, 2.24) is 4.68 Å². The molecule has 27 heavy (non-hydrogen) atoms. The van der Waals surface area contributed by atoms with Gasteiger partial charge in [0, 0.05) is 11.8 Å². The van der Waals surface area contributed by atoms with Crippen molar-refractivity contribution in [1.29, 1.82) is 0 Å². The molecule has 2 amide bonds. The van der Waals surface area contributed by atoms with Gasteiger partial charge in [-0.2, -0.15) is 5.01 Å². The van der Waals surface area contributed by atoms with Crippen LogP contribution in [0.2, 0.25) is 0 Å². The van der Waals surface area contributed by atoms with Crippen molar-refractivity contribution < 1.29 is 28.6 Å². The lowest BCUT2D eigenvalue weighted by Crippen LogP contribution is -2.41. The summed E-state index contributed by atoms with van der Waals surface area (Å²) < 4.78 is 17.4. The Hall–Kier alpha value is -2.97. The summed E-state index contributed by atoms with van der Waals surface area (Å²) in [6.45, 7) is 5.29. The Kier molecular flexibility index (Phi) is 4.09. The molecule has 3 heterocycles. The van der Waals surface area contributed by atoms with Crippen LogP contribution >= 0.6 is 0 Å². The Morgan fingerprint density at radius 2 is 1.74 bits per heavy atom. The van der Waals surface area contributed by atoms with Gasteiger partial charge in [-0.3, -0.25) is 9.59 Å². The number of hydrogen-bond donors (Lipinski definition) is 0. The average Bonchev–Trinajstić information content (AvgIpc) is 3.07. The smallest absolute Gasteiger partial charge is 0.357 e. The van der Waals surface area contributed by atoms with Crippen LogP contribution in [0.15, 0.2) is 30.5 Å². The number of carbonyl (C=O) groups is 3. The number of amides is 2. The molecule has 0 atom stereocenters. The normalized spacial score (nSPS) is 21.2. The van der Waals surface area contributed by atoms with E-state index in [0.717, 1.165) is 5.01 Å². The zero-order chi connectivity index (χ0) is 19.3. The summed E-state index contributed by atoms with van der Waals surface area (Å²) in [5.41, 5.74) is 1.76. The number of esters is 1. The van der Waals surface area contributed by atoms with E-state index in [2.05, 4.69) is 0 Å². The van der Waals surface area contributed by atoms with E-state index in [9.17, 15) is 14.4 Å². The van der Waals surface area contributed by atoms with Crippen molar-refractivity contribution in [2.75, 3.05) is 11.6 Å². The van der Waals surface area contributed by atoms with E-state index < -0.39 is 24.1 Å². The number of rotatable bonds is 4. The standard InChI is InChI=1S/C19H18N2O6/c1-4-25-18(24)15-10(2)14(19-26-11(3)27-19)9-20(15)21-16(22)12-7-5-6-8-13(12)17(21)23/h5-9,11,19H,4H2,1-3H3. The van der Waals surface area contributed by atoms with Gasteiger partial charge in [-0.1, -0.05) is 12.1 Å². The van der Waals surface area contributed by atoms with Crippen LogP contribution in [0.1, 0.15) is 62.5 Å². The van der Waals surface area contributed by atoms with Crippen LogP contribution in [0.3, 0.4) is 0 Å². The van der Waals surface area contributed by atoms with Crippen molar-refractivity contribution in [3.63, 3.8) is 0 Å². The Morgan fingerprint density at radius 3 is 2.26 bits per heavy atom. The van der Waals surface area contributed by atoms with Crippen LogP contribution in [0.25, 0.3) is 0 Å². The summed E-state index contributed by atoms with van der Waals surface area (Å²) in [6.07, 6.45) is 0.493. The molecular weight excluding hydrogens is 352 g/mol. The van der Waals surface area contributed by atoms with E-state index in [0.29, 0.717) is 11.1 Å². The zero-order valence-electron chi connectivity index (χ0n) is 15.1. The SMILES string of the molecule is CCOC(=O)c1c(C)c(C2OC(C)O2)cn1N1C(=O)c2ccccc2C1=O. The maximum Gasteiger partial charge on any atom is 0.357 e. The Bertz CT molecular complexity index is 922. The lowest BCUT2D eigenvalue weighted by atomic mass is 10.1. The molecule has 8 nitrogen and oxygen atoms in total. The van der Waals surface area contributed by atoms with E-state index >= 15 is 0 Å².